The molecule has 1 aliphatic carbocycles. The minimum Gasteiger partial charge on any atom is -0.444 e. The lowest BCUT2D eigenvalue weighted by atomic mass is 9.81. The molecule has 2 unspecified atom stereocenters. The number of anilines is 1. The van der Waals surface area contributed by atoms with Crippen molar-refractivity contribution in [2.24, 2.45) is 0 Å². The number of ether oxygens (including phenoxy) is 4. The van der Waals surface area contributed by atoms with Gasteiger partial charge in [-0.15, -0.1) is 0 Å². The third-order valence-corrected chi connectivity index (χ3v) is 6.02. The Morgan fingerprint density at radius 1 is 1.16 bits per heavy atom. The van der Waals surface area contributed by atoms with E-state index >= 15 is 0 Å². The quantitative estimate of drug-likeness (QED) is 0.741. The first-order chi connectivity index (χ1) is 15.0. The van der Waals surface area contributed by atoms with Gasteiger partial charge in [-0.3, -0.25) is 4.90 Å². The molecule has 8 nitrogen and oxygen atoms in total. The van der Waals surface area contributed by atoms with Crippen LogP contribution in [0.15, 0.2) is 24.3 Å². The van der Waals surface area contributed by atoms with Crippen LogP contribution in [-0.4, -0.2) is 55.0 Å². The number of fused-ring (bicyclic) bond motifs is 1. The number of carbonyl (C=O) groups is 2. The molecule has 0 bridgehead atoms. The SMILES string of the molecule is CC(C)(C)OC(=O)NC[C@H]1CN(c2ccc(C3CCC4OC(C)(C)O[C@H]4C3)cc2)C(=O)O1. The van der Waals surface area contributed by atoms with E-state index < -0.39 is 29.7 Å². The number of carbonyl (C=O) groups excluding carboxylic acids is 2. The molecular weight excluding hydrogens is 412 g/mol. The van der Waals surface area contributed by atoms with E-state index in [1.807, 2.05) is 26.0 Å². The van der Waals surface area contributed by atoms with Crippen LogP contribution in [0.4, 0.5) is 15.3 Å². The maximum atomic E-state index is 12.4. The predicted molar refractivity (Wildman–Crippen MR) is 119 cm³/mol. The molecule has 1 aromatic rings. The zero-order chi connectivity index (χ0) is 23.1. The van der Waals surface area contributed by atoms with Gasteiger partial charge in [0.05, 0.1) is 25.3 Å². The van der Waals surface area contributed by atoms with Gasteiger partial charge >= 0.3 is 12.2 Å². The van der Waals surface area contributed by atoms with Crippen LogP contribution in [0.2, 0.25) is 0 Å². The first-order valence-corrected chi connectivity index (χ1v) is 11.4. The fourth-order valence-electron chi connectivity index (χ4n) is 4.70. The standard InChI is InChI=1S/C24H34N2O6/c1-23(2,3)32-21(27)25-13-18-14-26(22(28)29-18)17-9-6-15(7-10-17)16-8-11-19-20(12-16)31-24(4,5)30-19/h6-7,9-10,16,18-20H,8,11-14H2,1-5H3,(H,25,27)/t16?,18-,19?,20-/m0/s1. The van der Waals surface area contributed by atoms with Crippen molar-refractivity contribution in [3.63, 3.8) is 0 Å². The highest BCUT2D eigenvalue weighted by Crippen LogP contribution is 2.42. The summed E-state index contributed by atoms with van der Waals surface area (Å²) >= 11 is 0. The van der Waals surface area contributed by atoms with E-state index in [-0.39, 0.29) is 18.8 Å². The highest BCUT2D eigenvalue weighted by Gasteiger charge is 2.44. The van der Waals surface area contributed by atoms with Crippen LogP contribution in [0.25, 0.3) is 0 Å². The van der Waals surface area contributed by atoms with Crippen LogP contribution in [-0.2, 0) is 18.9 Å². The van der Waals surface area contributed by atoms with Gasteiger partial charge in [-0.05, 0) is 77.5 Å². The molecule has 2 heterocycles. The molecule has 2 amide bonds. The highest BCUT2D eigenvalue weighted by atomic mass is 16.7. The Labute approximate surface area is 189 Å². The van der Waals surface area contributed by atoms with Crippen LogP contribution < -0.4 is 10.2 Å². The molecule has 0 aromatic heterocycles. The lowest BCUT2D eigenvalue weighted by molar-refractivity contribution is -0.145. The summed E-state index contributed by atoms with van der Waals surface area (Å²) in [5.74, 6) is -0.0851. The molecule has 3 aliphatic rings. The summed E-state index contributed by atoms with van der Waals surface area (Å²) in [4.78, 5) is 25.8. The van der Waals surface area contributed by atoms with Crippen molar-refractivity contribution in [2.75, 3.05) is 18.0 Å². The van der Waals surface area contributed by atoms with Gasteiger partial charge in [0.25, 0.3) is 0 Å². The van der Waals surface area contributed by atoms with Crippen molar-refractivity contribution in [3.8, 4) is 0 Å². The van der Waals surface area contributed by atoms with Gasteiger partial charge in [0.2, 0.25) is 0 Å². The normalized spacial score (nSPS) is 29.4. The molecule has 32 heavy (non-hydrogen) atoms. The van der Waals surface area contributed by atoms with Crippen molar-refractivity contribution < 1.29 is 28.5 Å². The van der Waals surface area contributed by atoms with E-state index in [4.69, 9.17) is 18.9 Å². The zero-order valence-corrected chi connectivity index (χ0v) is 19.6. The third-order valence-electron chi connectivity index (χ3n) is 6.02. The van der Waals surface area contributed by atoms with E-state index in [1.165, 1.54) is 5.56 Å². The fraction of sp³-hybridized carbons (Fsp3) is 0.667. The first kappa shape index (κ1) is 22.9. The highest BCUT2D eigenvalue weighted by molar-refractivity contribution is 5.89. The average Bonchev–Trinajstić information content (AvgIpc) is 3.22. The molecule has 1 N–H and O–H groups in total. The van der Waals surface area contributed by atoms with E-state index in [2.05, 4.69) is 17.4 Å². The summed E-state index contributed by atoms with van der Waals surface area (Å²) in [7, 11) is 0. The number of hydrogen-bond donors (Lipinski definition) is 1. The number of cyclic esters (lactones) is 1. The molecular formula is C24H34N2O6. The van der Waals surface area contributed by atoms with Crippen molar-refractivity contribution in [1.82, 2.24) is 5.32 Å². The Hall–Kier alpha value is -2.32. The first-order valence-electron chi connectivity index (χ1n) is 11.4. The number of amides is 2. The fourth-order valence-corrected chi connectivity index (χ4v) is 4.70. The second kappa shape index (κ2) is 8.56. The molecule has 4 rings (SSSR count). The minimum absolute atomic E-state index is 0.134. The van der Waals surface area contributed by atoms with Crippen LogP contribution >= 0.6 is 0 Å². The summed E-state index contributed by atoms with van der Waals surface area (Å²) in [6.45, 7) is 9.93. The monoisotopic (exact) mass is 446 g/mol. The van der Waals surface area contributed by atoms with Crippen molar-refractivity contribution in [3.05, 3.63) is 29.8 Å². The molecule has 8 heteroatoms. The average molecular weight is 447 g/mol. The molecule has 2 saturated heterocycles. The maximum Gasteiger partial charge on any atom is 0.414 e. The largest absolute Gasteiger partial charge is 0.444 e. The molecule has 0 radical (unpaired) electrons. The predicted octanol–water partition coefficient (Wildman–Crippen LogP) is 4.32. The minimum atomic E-state index is -0.573. The van der Waals surface area contributed by atoms with E-state index in [1.54, 1.807) is 25.7 Å². The van der Waals surface area contributed by atoms with Crippen molar-refractivity contribution in [1.29, 1.82) is 0 Å². The van der Waals surface area contributed by atoms with Gasteiger partial charge in [-0.1, -0.05) is 12.1 Å². The van der Waals surface area contributed by atoms with Crippen LogP contribution in [0.5, 0.6) is 0 Å². The van der Waals surface area contributed by atoms with E-state index in [0.717, 1.165) is 24.9 Å². The summed E-state index contributed by atoms with van der Waals surface area (Å²) in [6, 6.07) is 8.09. The third kappa shape index (κ3) is 5.35. The van der Waals surface area contributed by atoms with Gasteiger partial charge in [0.15, 0.2) is 5.79 Å². The summed E-state index contributed by atoms with van der Waals surface area (Å²) < 4.78 is 22.7. The van der Waals surface area contributed by atoms with E-state index in [0.29, 0.717) is 12.5 Å². The summed E-state index contributed by atoms with van der Waals surface area (Å²) in [6.07, 6.45) is 1.96. The van der Waals surface area contributed by atoms with Crippen LogP contribution in [0.1, 0.15) is 65.4 Å². The van der Waals surface area contributed by atoms with Crippen molar-refractivity contribution >= 4 is 17.9 Å². The lowest BCUT2D eigenvalue weighted by Crippen LogP contribution is -2.38. The lowest BCUT2D eigenvalue weighted by Gasteiger charge is -2.29. The molecule has 3 fully saturated rings. The Balaban J connectivity index is 1.31. The molecule has 0 spiro atoms. The molecule has 1 aromatic carbocycles. The Morgan fingerprint density at radius 2 is 1.84 bits per heavy atom. The smallest absolute Gasteiger partial charge is 0.414 e. The molecule has 1 saturated carbocycles. The second-order valence-corrected chi connectivity index (χ2v) is 10.3. The number of rotatable bonds is 4. The maximum absolute atomic E-state index is 12.4. The van der Waals surface area contributed by atoms with Gasteiger partial charge < -0.3 is 24.3 Å². The molecule has 4 atom stereocenters. The number of nitrogens with zero attached hydrogens (tertiary/aromatic N) is 1. The Morgan fingerprint density at radius 3 is 2.53 bits per heavy atom. The van der Waals surface area contributed by atoms with Crippen LogP contribution in [0, 0.1) is 0 Å². The Bertz CT molecular complexity index is 847. The number of alkyl carbamates (subject to hydrolysis) is 1. The van der Waals surface area contributed by atoms with Gasteiger partial charge in [-0.2, -0.15) is 0 Å². The summed E-state index contributed by atoms with van der Waals surface area (Å²) in [5, 5.41) is 2.66. The Kier molecular flexibility index (Phi) is 6.11. The zero-order valence-electron chi connectivity index (χ0n) is 19.6. The topological polar surface area (TPSA) is 86.3 Å². The van der Waals surface area contributed by atoms with Gasteiger partial charge in [0, 0.05) is 5.69 Å². The number of nitrogens with one attached hydrogen (secondary N) is 1. The number of hydrogen-bond acceptors (Lipinski definition) is 6. The second-order valence-electron chi connectivity index (χ2n) is 10.3. The summed E-state index contributed by atoms with van der Waals surface area (Å²) in [5.41, 5.74) is 1.46. The van der Waals surface area contributed by atoms with Gasteiger partial charge in [0.1, 0.15) is 11.7 Å². The van der Waals surface area contributed by atoms with E-state index in [9.17, 15) is 9.59 Å². The van der Waals surface area contributed by atoms with Gasteiger partial charge in [-0.25, -0.2) is 9.59 Å². The van der Waals surface area contributed by atoms with Crippen molar-refractivity contribution in [2.45, 2.75) is 89.5 Å². The molecule has 176 valence electrons. The number of benzene rings is 1. The van der Waals surface area contributed by atoms with Crippen LogP contribution in [0.3, 0.4) is 0 Å². The molecule has 2 aliphatic heterocycles.